The number of phosphoric ester groups is 1. The Labute approximate surface area is 446 Å². The fourth-order valence-corrected chi connectivity index (χ4v) is 7.81. The Bertz CT molecular complexity index is 1700. The highest BCUT2D eigenvalue weighted by atomic mass is 31.2. The van der Waals surface area contributed by atoms with Crippen LogP contribution < -0.4 is 5.73 Å². The number of unbranched alkanes of at least 4 members (excludes halogenated alkanes) is 14. The van der Waals surface area contributed by atoms with Gasteiger partial charge in [0.15, 0.2) is 6.10 Å². The van der Waals surface area contributed by atoms with Crippen LogP contribution >= 0.6 is 7.82 Å². The van der Waals surface area contributed by atoms with E-state index in [1.807, 2.05) is 0 Å². The predicted octanol–water partition coefficient (Wildman–Crippen LogP) is 18.0. The number of phosphoric acid groups is 1. The Morgan fingerprint density at radius 1 is 0.425 bits per heavy atom. The number of esters is 2. The van der Waals surface area contributed by atoms with Crippen LogP contribution in [-0.2, 0) is 32.7 Å². The molecule has 0 aromatic rings. The fourth-order valence-electron chi connectivity index (χ4n) is 7.04. The van der Waals surface area contributed by atoms with Gasteiger partial charge in [-0.15, -0.1) is 0 Å². The van der Waals surface area contributed by atoms with Crippen molar-refractivity contribution < 1.29 is 37.6 Å². The maximum absolute atomic E-state index is 12.7. The van der Waals surface area contributed by atoms with Gasteiger partial charge in [0.05, 0.1) is 13.2 Å². The number of hydrogen-bond donors (Lipinski definition) is 2. The number of rotatable bonds is 51. The van der Waals surface area contributed by atoms with Crippen molar-refractivity contribution in [2.24, 2.45) is 5.73 Å². The van der Waals surface area contributed by atoms with Crippen LogP contribution in [0.2, 0.25) is 0 Å². The Hall–Kier alpha value is -4.11. The van der Waals surface area contributed by atoms with Crippen LogP contribution in [0, 0.1) is 0 Å². The van der Waals surface area contributed by atoms with Crippen LogP contribution in [0.1, 0.15) is 206 Å². The maximum Gasteiger partial charge on any atom is 0.472 e. The summed E-state index contributed by atoms with van der Waals surface area (Å²) in [5.41, 5.74) is 5.37. The van der Waals surface area contributed by atoms with Gasteiger partial charge >= 0.3 is 19.8 Å². The molecule has 0 radical (unpaired) electrons. The Kier molecular flexibility index (Phi) is 54.0. The summed E-state index contributed by atoms with van der Waals surface area (Å²) in [4.78, 5) is 35.1. The van der Waals surface area contributed by atoms with Gasteiger partial charge in [0.2, 0.25) is 0 Å². The quantitative estimate of drug-likeness (QED) is 0.0264. The number of ether oxygens (including phenoxy) is 2. The van der Waals surface area contributed by atoms with Crippen molar-refractivity contribution >= 4 is 19.8 Å². The van der Waals surface area contributed by atoms with Crippen LogP contribution in [0.25, 0.3) is 0 Å². The lowest BCUT2D eigenvalue weighted by Gasteiger charge is -2.19. The van der Waals surface area contributed by atoms with Crippen LogP contribution in [0.3, 0.4) is 0 Å². The van der Waals surface area contributed by atoms with E-state index in [4.69, 9.17) is 24.3 Å². The third kappa shape index (κ3) is 57.0. The highest BCUT2D eigenvalue weighted by Gasteiger charge is 2.26. The lowest BCUT2D eigenvalue weighted by Crippen LogP contribution is -2.29. The Morgan fingerprint density at radius 2 is 0.753 bits per heavy atom. The van der Waals surface area contributed by atoms with Gasteiger partial charge in [0, 0.05) is 19.4 Å². The summed E-state index contributed by atoms with van der Waals surface area (Å²) >= 11 is 0. The van der Waals surface area contributed by atoms with Crippen molar-refractivity contribution in [2.45, 2.75) is 213 Å². The molecule has 0 amide bonds. The minimum Gasteiger partial charge on any atom is -0.462 e. The highest BCUT2D eigenvalue weighted by molar-refractivity contribution is 7.47. The number of hydrogen-bond acceptors (Lipinski definition) is 8. The van der Waals surface area contributed by atoms with Crippen molar-refractivity contribution in [3.63, 3.8) is 0 Å². The van der Waals surface area contributed by atoms with Crippen molar-refractivity contribution in [1.82, 2.24) is 0 Å². The van der Waals surface area contributed by atoms with Crippen molar-refractivity contribution in [3.8, 4) is 0 Å². The van der Waals surface area contributed by atoms with Gasteiger partial charge in [-0.3, -0.25) is 18.6 Å². The second-order valence-corrected chi connectivity index (χ2v) is 19.5. The van der Waals surface area contributed by atoms with E-state index >= 15 is 0 Å². The molecule has 73 heavy (non-hydrogen) atoms. The van der Waals surface area contributed by atoms with Crippen LogP contribution in [-0.4, -0.2) is 49.3 Å². The minimum atomic E-state index is -4.41. The van der Waals surface area contributed by atoms with Crippen molar-refractivity contribution in [3.05, 3.63) is 146 Å². The molecule has 0 fully saturated rings. The number of allylic oxidation sites excluding steroid dienone is 24. The number of carbonyl (C=O) groups is 2. The van der Waals surface area contributed by atoms with E-state index in [1.165, 1.54) is 38.5 Å². The molecule has 0 spiro atoms. The van der Waals surface area contributed by atoms with Crippen molar-refractivity contribution in [1.29, 1.82) is 0 Å². The molecule has 412 valence electrons. The molecule has 2 atom stereocenters. The van der Waals surface area contributed by atoms with Gasteiger partial charge in [-0.2, -0.15) is 0 Å². The van der Waals surface area contributed by atoms with Gasteiger partial charge in [0.25, 0.3) is 0 Å². The first-order valence-corrected chi connectivity index (χ1v) is 29.8. The summed E-state index contributed by atoms with van der Waals surface area (Å²) in [6, 6.07) is 0. The topological polar surface area (TPSA) is 134 Å². The van der Waals surface area contributed by atoms with Crippen LogP contribution in [0.4, 0.5) is 0 Å². The lowest BCUT2D eigenvalue weighted by atomic mass is 10.1. The normalized spacial score (nSPS) is 14.2. The molecule has 0 aliphatic rings. The van der Waals surface area contributed by atoms with E-state index in [0.717, 1.165) is 128 Å². The zero-order valence-corrected chi connectivity index (χ0v) is 46.7. The van der Waals surface area contributed by atoms with E-state index in [1.54, 1.807) is 0 Å². The average molecular weight is 1030 g/mol. The van der Waals surface area contributed by atoms with E-state index in [0.29, 0.717) is 12.8 Å². The molecule has 0 rings (SSSR count). The first kappa shape index (κ1) is 68.9. The molecule has 3 N–H and O–H groups in total. The first-order chi connectivity index (χ1) is 35.8. The van der Waals surface area contributed by atoms with E-state index in [2.05, 4.69) is 160 Å². The molecule has 0 bridgehead atoms. The molecule has 0 aromatic carbocycles. The van der Waals surface area contributed by atoms with Gasteiger partial charge in [-0.05, 0) is 122 Å². The van der Waals surface area contributed by atoms with Crippen LogP contribution in [0.15, 0.2) is 146 Å². The molecule has 9 nitrogen and oxygen atoms in total. The summed E-state index contributed by atoms with van der Waals surface area (Å²) in [6.07, 6.45) is 81.8. The van der Waals surface area contributed by atoms with Crippen LogP contribution in [0.5, 0.6) is 0 Å². The molecule has 0 aliphatic heterocycles. The lowest BCUT2D eigenvalue weighted by molar-refractivity contribution is -0.161. The molecular weight excluding hydrogens is 930 g/mol. The monoisotopic (exact) mass is 1030 g/mol. The van der Waals surface area contributed by atoms with Gasteiger partial charge < -0.3 is 20.1 Å². The molecule has 0 heterocycles. The molecule has 0 aliphatic carbocycles. The SMILES string of the molecule is CC/C=C\C/C=C\C/C=C\C/C=C\C/C=C\C/C=C\C/C=C\C/C=C\C/C=C\CCCCCC(=O)OC(COC(=O)CCCCCCCC/C=C\C/C=C\C/C=C\CCCCCCC)COP(=O)(O)OCCN. The molecule has 0 saturated carbocycles. The standard InChI is InChI=1S/C63H102NO8P/c1-3-5-7-9-11-13-15-17-19-21-23-25-26-27-28-29-30-31-32-33-34-36-38-40-42-44-46-48-50-52-54-56-63(66)72-61(60-71-73(67,68)70-58-57-64)59-69-62(65)55-53-51-49-47-45-43-41-39-37-35-24-22-20-18-16-14-12-10-8-6-4-2/h5,7,11,13,16-19,22-25,27-28,30-31,33-34,37-40,44,46,61H,3-4,6,8-10,12,14-15,20-21,26,29,32,35-36,41-43,45,47-60,64H2,1-2H3,(H,67,68)/b7-5-,13-11-,18-16-,19-17-,24-22-,25-23-,28-27-,31-30-,34-33-,39-37-,40-38-,46-44-. The molecular formula is C63H102NO8P. The zero-order chi connectivity index (χ0) is 53.1. The molecule has 0 aromatic heterocycles. The number of carbonyl (C=O) groups excluding carboxylic acids is 2. The Balaban J connectivity index is 4.17. The second-order valence-electron chi connectivity index (χ2n) is 18.1. The molecule has 10 heteroatoms. The zero-order valence-electron chi connectivity index (χ0n) is 45.8. The summed E-state index contributed by atoms with van der Waals surface area (Å²) in [7, 11) is -4.41. The second kappa shape index (κ2) is 57.2. The highest BCUT2D eigenvalue weighted by Crippen LogP contribution is 2.43. The average Bonchev–Trinajstić information content (AvgIpc) is 3.38. The smallest absolute Gasteiger partial charge is 0.462 e. The summed E-state index contributed by atoms with van der Waals surface area (Å²) in [6.45, 7) is 3.54. The third-order valence-electron chi connectivity index (χ3n) is 11.2. The van der Waals surface area contributed by atoms with E-state index in [-0.39, 0.29) is 32.6 Å². The predicted molar refractivity (Wildman–Crippen MR) is 311 cm³/mol. The van der Waals surface area contributed by atoms with Gasteiger partial charge in [0.1, 0.15) is 6.61 Å². The maximum atomic E-state index is 12.7. The molecule has 0 saturated heterocycles. The minimum absolute atomic E-state index is 0.0369. The largest absolute Gasteiger partial charge is 0.472 e. The number of nitrogens with two attached hydrogens (primary N) is 1. The summed E-state index contributed by atoms with van der Waals surface area (Å²) in [5.74, 6) is -0.893. The third-order valence-corrected chi connectivity index (χ3v) is 12.2. The summed E-state index contributed by atoms with van der Waals surface area (Å²) < 4.78 is 33.0. The first-order valence-electron chi connectivity index (χ1n) is 28.3. The van der Waals surface area contributed by atoms with E-state index < -0.39 is 32.5 Å². The Morgan fingerprint density at radius 3 is 1.14 bits per heavy atom. The summed E-state index contributed by atoms with van der Waals surface area (Å²) in [5, 5.41) is 0. The van der Waals surface area contributed by atoms with E-state index in [9.17, 15) is 19.0 Å². The van der Waals surface area contributed by atoms with Gasteiger partial charge in [-0.1, -0.05) is 217 Å². The fraction of sp³-hybridized carbons (Fsp3) is 0.587. The van der Waals surface area contributed by atoms with Crippen molar-refractivity contribution in [2.75, 3.05) is 26.4 Å². The van der Waals surface area contributed by atoms with Gasteiger partial charge in [-0.25, -0.2) is 4.57 Å². The molecule has 2 unspecified atom stereocenters.